The predicted octanol–water partition coefficient (Wildman–Crippen LogP) is 2.39. The molecule has 0 atom stereocenters. The van der Waals surface area contributed by atoms with Crippen molar-refractivity contribution in [3.63, 3.8) is 0 Å². The van der Waals surface area contributed by atoms with Gasteiger partial charge in [0.2, 0.25) is 0 Å². The quantitative estimate of drug-likeness (QED) is 0.515. The van der Waals surface area contributed by atoms with Crippen LogP contribution in [0.5, 0.6) is 0 Å². The van der Waals surface area contributed by atoms with Crippen molar-refractivity contribution in [3.8, 4) is 0 Å². The molecule has 4 rings (SSSR count). The monoisotopic (exact) mass is 449 g/mol. The molecule has 3 amide bonds. The van der Waals surface area contributed by atoms with Gasteiger partial charge in [-0.1, -0.05) is 13.8 Å². The second kappa shape index (κ2) is 9.54. The van der Waals surface area contributed by atoms with Crippen molar-refractivity contribution in [3.05, 3.63) is 64.7 Å². The highest BCUT2D eigenvalue weighted by Gasteiger charge is 2.36. The maximum Gasteiger partial charge on any atom is 0.261 e. The van der Waals surface area contributed by atoms with Crippen LogP contribution in [0.25, 0.3) is 0 Å². The molecule has 0 bridgehead atoms. The van der Waals surface area contributed by atoms with Crippen LogP contribution >= 0.6 is 0 Å². The zero-order valence-electron chi connectivity index (χ0n) is 18.8. The largest absolute Gasteiger partial charge is 0.378 e. The molecular weight excluding hydrogens is 422 g/mol. The van der Waals surface area contributed by atoms with E-state index in [1.807, 2.05) is 26.0 Å². The molecule has 2 aliphatic heterocycles. The van der Waals surface area contributed by atoms with Gasteiger partial charge in [0.15, 0.2) is 5.78 Å². The Balaban J connectivity index is 1.37. The molecule has 33 heavy (non-hydrogen) atoms. The van der Waals surface area contributed by atoms with E-state index in [9.17, 15) is 19.2 Å². The summed E-state index contributed by atoms with van der Waals surface area (Å²) in [6.45, 7) is 7.01. The van der Waals surface area contributed by atoms with E-state index in [-0.39, 0.29) is 35.3 Å². The first-order valence-electron chi connectivity index (χ1n) is 11.1. The lowest BCUT2D eigenvalue weighted by Gasteiger charge is -2.28. The average molecular weight is 450 g/mol. The van der Waals surface area contributed by atoms with Crippen molar-refractivity contribution in [1.82, 2.24) is 10.2 Å². The molecule has 8 heteroatoms. The van der Waals surface area contributed by atoms with Gasteiger partial charge in [-0.15, -0.1) is 0 Å². The van der Waals surface area contributed by atoms with Crippen molar-refractivity contribution < 1.29 is 23.9 Å². The molecule has 2 aromatic carbocycles. The molecular formula is C25H27N3O5. The van der Waals surface area contributed by atoms with Gasteiger partial charge in [-0.25, -0.2) is 0 Å². The minimum atomic E-state index is -0.473. The van der Waals surface area contributed by atoms with E-state index < -0.39 is 11.8 Å². The summed E-state index contributed by atoms with van der Waals surface area (Å²) in [5.41, 5.74) is 2.29. The van der Waals surface area contributed by atoms with Crippen molar-refractivity contribution in [2.24, 2.45) is 5.92 Å². The number of rotatable bonds is 7. The Kier molecular flexibility index (Phi) is 6.55. The van der Waals surface area contributed by atoms with Crippen LogP contribution in [0.15, 0.2) is 42.5 Å². The van der Waals surface area contributed by atoms with Crippen LogP contribution in [0.1, 0.15) is 55.3 Å². The minimum absolute atomic E-state index is 0.143. The highest BCUT2D eigenvalue weighted by atomic mass is 16.5. The lowest BCUT2D eigenvalue weighted by Crippen LogP contribution is -2.36. The number of morpholine rings is 1. The number of hydrogen-bond acceptors (Lipinski definition) is 6. The van der Waals surface area contributed by atoms with Gasteiger partial charge in [0.1, 0.15) is 0 Å². The molecule has 2 heterocycles. The van der Waals surface area contributed by atoms with Crippen LogP contribution in [0.3, 0.4) is 0 Å². The van der Waals surface area contributed by atoms with Crippen molar-refractivity contribution in [2.75, 3.05) is 44.3 Å². The summed E-state index contributed by atoms with van der Waals surface area (Å²) < 4.78 is 5.36. The Hall–Kier alpha value is -3.52. The third-order valence-electron chi connectivity index (χ3n) is 5.76. The van der Waals surface area contributed by atoms with Gasteiger partial charge in [0, 0.05) is 36.4 Å². The summed E-state index contributed by atoms with van der Waals surface area (Å²) in [5, 5.41) is 2.61. The zero-order chi connectivity index (χ0) is 23.5. The minimum Gasteiger partial charge on any atom is -0.378 e. The third kappa shape index (κ3) is 4.80. The number of Topliss-reactive ketones (excluding diaryl/α,β-unsaturated/α-hetero) is 1. The molecule has 0 spiro atoms. The summed E-state index contributed by atoms with van der Waals surface area (Å²) in [5.74, 6) is -1.28. The molecule has 0 radical (unpaired) electrons. The lowest BCUT2D eigenvalue weighted by atomic mass is 10.0. The maximum atomic E-state index is 12.6. The van der Waals surface area contributed by atoms with Crippen LogP contribution in [-0.2, 0) is 4.74 Å². The fourth-order valence-corrected chi connectivity index (χ4v) is 4.01. The molecule has 1 saturated heterocycles. The van der Waals surface area contributed by atoms with Crippen LogP contribution in [0.2, 0.25) is 0 Å². The van der Waals surface area contributed by atoms with Crippen molar-refractivity contribution in [2.45, 2.75) is 13.8 Å². The SMILES string of the molecule is CC(C)CN1C(=O)c2ccc(C(=O)NCC(=O)c3ccc(N4CCOCC4)cc3)cc2C1=O. The predicted molar refractivity (Wildman–Crippen MR) is 123 cm³/mol. The average Bonchev–Trinajstić information content (AvgIpc) is 3.07. The van der Waals surface area contributed by atoms with E-state index in [1.54, 1.807) is 12.1 Å². The Morgan fingerprint density at radius 2 is 1.58 bits per heavy atom. The number of imide groups is 1. The lowest BCUT2D eigenvalue weighted by molar-refractivity contribution is 0.0635. The first kappa shape index (κ1) is 22.7. The molecule has 0 unspecified atom stereocenters. The highest BCUT2D eigenvalue weighted by molar-refractivity contribution is 6.22. The molecule has 1 N–H and O–H groups in total. The van der Waals surface area contributed by atoms with E-state index in [4.69, 9.17) is 4.74 Å². The summed E-state index contributed by atoms with van der Waals surface area (Å²) in [4.78, 5) is 53.6. The normalized spacial score (nSPS) is 15.7. The van der Waals surface area contributed by atoms with Crippen LogP contribution in [0.4, 0.5) is 5.69 Å². The number of ketones is 1. The van der Waals surface area contributed by atoms with Gasteiger partial charge in [-0.05, 0) is 48.4 Å². The Labute approximate surface area is 192 Å². The van der Waals surface area contributed by atoms with Crippen LogP contribution in [-0.4, -0.2) is 67.8 Å². The summed E-state index contributed by atoms with van der Waals surface area (Å²) in [6, 6.07) is 11.7. The van der Waals surface area contributed by atoms with Crippen LogP contribution in [0, 0.1) is 5.92 Å². The molecule has 172 valence electrons. The molecule has 2 aromatic rings. The second-order valence-electron chi connectivity index (χ2n) is 8.63. The van der Waals surface area contributed by atoms with Gasteiger partial charge in [-0.3, -0.25) is 24.1 Å². The third-order valence-corrected chi connectivity index (χ3v) is 5.76. The van der Waals surface area contributed by atoms with E-state index in [2.05, 4.69) is 10.2 Å². The van der Waals surface area contributed by atoms with Gasteiger partial charge in [-0.2, -0.15) is 0 Å². The van der Waals surface area contributed by atoms with Crippen molar-refractivity contribution >= 4 is 29.2 Å². The number of carbonyl (C=O) groups is 4. The highest BCUT2D eigenvalue weighted by Crippen LogP contribution is 2.25. The van der Waals surface area contributed by atoms with Gasteiger partial charge < -0.3 is 15.0 Å². The summed E-state index contributed by atoms with van der Waals surface area (Å²) in [7, 11) is 0. The Morgan fingerprint density at radius 3 is 2.24 bits per heavy atom. The van der Waals surface area contributed by atoms with E-state index in [0.29, 0.717) is 30.9 Å². The number of hydrogen-bond donors (Lipinski definition) is 1. The van der Waals surface area contributed by atoms with E-state index in [0.717, 1.165) is 18.8 Å². The fraction of sp³-hybridized carbons (Fsp3) is 0.360. The number of ether oxygens (including phenoxy) is 1. The van der Waals surface area contributed by atoms with Gasteiger partial charge >= 0.3 is 0 Å². The molecule has 2 aliphatic rings. The fourth-order valence-electron chi connectivity index (χ4n) is 4.01. The van der Waals surface area contributed by atoms with E-state index in [1.165, 1.54) is 23.1 Å². The number of carbonyl (C=O) groups excluding carboxylic acids is 4. The maximum absolute atomic E-state index is 12.6. The Bertz CT molecular complexity index is 1090. The van der Waals surface area contributed by atoms with E-state index >= 15 is 0 Å². The molecule has 0 aromatic heterocycles. The summed E-state index contributed by atoms with van der Waals surface area (Å²) >= 11 is 0. The first-order valence-corrected chi connectivity index (χ1v) is 11.1. The summed E-state index contributed by atoms with van der Waals surface area (Å²) in [6.07, 6.45) is 0. The first-order chi connectivity index (χ1) is 15.8. The van der Waals surface area contributed by atoms with Crippen LogP contribution < -0.4 is 10.2 Å². The molecule has 8 nitrogen and oxygen atoms in total. The Morgan fingerprint density at radius 1 is 0.939 bits per heavy atom. The van der Waals surface area contributed by atoms with Gasteiger partial charge in [0.25, 0.3) is 17.7 Å². The number of amides is 3. The van der Waals surface area contributed by atoms with Gasteiger partial charge in [0.05, 0.1) is 30.9 Å². The molecule has 1 fully saturated rings. The second-order valence-corrected chi connectivity index (χ2v) is 8.63. The molecule has 0 saturated carbocycles. The smallest absolute Gasteiger partial charge is 0.261 e. The number of nitrogens with zero attached hydrogens (tertiary/aromatic N) is 2. The number of anilines is 1. The molecule has 0 aliphatic carbocycles. The zero-order valence-corrected chi connectivity index (χ0v) is 18.8. The number of benzene rings is 2. The number of nitrogens with one attached hydrogen (secondary N) is 1. The topological polar surface area (TPSA) is 96.0 Å². The number of fused-ring (bicyclic) bond motifs is 1. The van der Waals surface area contributed by atoms with Crippen molar-refractivity contribution in [1.29, 1.82) is 0 Å². The standard InChI is InChI=1S/C25H27N3O5/c1-16(2)15-28-24(31)20-8-5-18(13-21(20)25(28)32)23(30)26-14-22(29)17-3-6-19(7-4-17)27-9-11-33-12-10-27/h3-8,13,16H,9-12,14-15H2,1-2H3,(H,26,30).